The fraction of sp³-hybridized carbons (Fsp3) is 0.727. The third-order valence-corrected chi connectivity index (χ3v) is 15.4. The summed E-state index contributed by atoms with van der Waals surface area (Å²) in [5.74, 6) is -4.37. The molecule has 0 saturated heterocycles. The molecule has 0 bridgehead atoms. The van der Waals surface area contributed by atoms with E-state index in [0.717, 1.165) is 12.1 Å². The van der Waals surface area contributed by atoms with E-state index >= 15 is 0 Å². The van der Waals surface area contributed by atoms with Crippen molar-refractivity contribution < 1.29 is 43.2 Å². The van der Waals surface area contributed by atoms with Crippen LogP contribution in [0.5, 0.6) is 0 Å². The predicted octanol–water partition coefficient (Wildman–Crippen LogP) is 13.3. The number of hydrogen-bond donors (Lipinski definition) is 0. The first-order chi connectivity index (χ1) is 37.6. The molecule has 0 radical (unpaired) electrons. The summed E-state index contributed by atoms with van der Waals surface area (Å²) in [7, 11) is 0. The van der Waals surface area contributed by atoms with E-state index in [1.807, 2.05) is 0 Å². The number of unbranched alkanes of at least 4 members (excludes halogenated alkanes) is 12. The van der Waals surface area contributed by atoms with Crippen LogP contribution in [0.1, 0.15) is 268 Å². The maximum absolute atomic E-state index is 11.3. The Hall–Kier alpha value is -4.26. The van der Waals surface area contributed by atoms with Crippen molar-refractivity contribution in [2.24, 2.45) is 0 Å². The molecule has 0 saturated carbocycles. The monoisotopic (exact) mass is 1090 g/mol. The van der Waals surface area contributed by atoms with E-state index in [4.69, 9.17) is 0 Å². The Bertz CT molecular complexity index is 1720. The number of carboxylic acid groups (broad SMARTS) is 3. The lowest BCUT2D eigenvalue weighted by Gasteiger charge is -2.39. The van der Waals surface area contributed by atoms with Gasteiger partial charge < -0.3 is 43.2 Å². The first-order valence-corrected chi connectivity index (χ1v) is 31.7. The van der Waals surface area contributed by atoms with E-state index in [1.165, 1.54) is 283 Å². The largest absolute Gasteiger partial charge is 0.545 e. The zero-order chi connectivity index (χ0) is 58.5. The Kier molecular flexibility index (Phi) is 43.0. The molecule has 78 heavy (non-hydrogen) atoms. The van der Waals surface area contributed by atoms with Crippen LogP contribution in [0, 0.1) is 0 Å². The van der Waals surface area contributed by atoms with Crippen molar-refractivity contribution in [3.8, 4) is 22.8 Å². The van der Waals surface area contributed by atoms with Gasteiger partial charge in [-0.2, -0.15) is 0 Å². The van der Waals surface area contributed by atoms with Crippen molar-refractivity contribution in [1.82, 2.24) is 15.0 Å². The topological polar surface area (TPSA) is 159 Å². The highest BCUT2D eigenvalue weighted by atomic mass is 16.4. The fourth-order valence-corrected chi connectivity index (χ4v) is 10.2. The van der Waals surface area contributed by atoms with Crippen molar-refractivity contribution in [2.75, 3.05) is 78.5 Å². The molecule has 12 heteroatoms. The van der Waals surface area contributed by atoms with E-state index in [1.54, 1.807) is 0 Å². The molecule has 0 atom stereocenters. The van der Waals surface area contributed by atoms with Gasteiger partial charge in [0.25, 0.3) is 0 Å². The number of pyridine rings is 3. The normalized spacial score (nSPS) is 11.4. The average Bonchev–Trinajstić information content (AvgIpc) is 3.46. The molecule has 3 rings (SSSR count). The molecular weight excluding hydrogens is 973 g/mol. The van der Waals surface area contributed by atoms with Gasteiger partial charge in [0.2, 0.25) is 0 Å². The minimum atomic E-state index is -1.51. The average molecular weight is 1090 g/mol. The van der Waals surface area contributed by atoms with Crippen LogP contribution in [0.25, 0.3) is 22.8 Å². The summed E-state index contributed by atoms with van der Waals surface area (Å²) in [4.78, 5) is 45.5. The molecule has 3 heterocycles. The summed E-state index contributed by atoms with van der Waals surface area (Å²) in [5.41, 5.74) is -0.366. The zero-order valence-electron chi connectivity index (χ0n) is 52.2. The summed E-state index contributed by atoms with van der Waals surface area (Å²) in [6.45, 7) is 45.1. The summed E-state index contributed by atoms with van der Waals surface area (Å²) in [5, 5.41) is 33.4. The van der Waals surface area contributed by atoms with Crippen LogP contribution >= 0.6 is 0 Å². The molecule has 0 aliphatic heterocycles. The zero-order valence-corrected chi connectivity index (χ0v) is 52.2. The minimum absolute atomic E-state index is 0.0375. The number of rotatable bonds is 41. The molecule has 12 nitrogen and oxygen atoms in total. The highest BCUT2D eigenvalue weighted by molar-refractivity contribution is 5.91. The summed E-state index contributed by atoms with van der Waals surface area (Å²) >= 11 is 0. The van der Waals surface area contributed by atoms with Gasteiger partial charge in [0, 0.05) is 29.1 Å². The Balaban J connectivity index is 0.00000104. The third-order valence-electron chi connectivity index (χ3n) is 15.4. The van der Waals surface area contributed by atoms with E-state index in [2.05, 4.69) is 98.0 Å². The molecule has 446 valence electrons. The lowest BCUT2D eigenvalue weighted by molar-refractivity contribution is -0.929. The second-order valence-corrected chi connectivity index (χ2v) is 22.3. The standard InChI is InChI=1S/C18H11N3O6.3C16H36N/c22-16(23)9-1-3-19-12(5-9)14-7-11(18(26)27)8-15(21-14)13-6-10(17(24)25)2-4-20-13;3*1-5-9-13-17(14-10-6-2,15-11-7-3)16-12-8-4/h1-8H,(H,22,23)(H,24,25)(H,26,27);3*5-16H2,1-4H3/q;3*+1/p-3. The van der Waals surface area contributed by atoms with Crippen molar-refractivity contribution in [3.63, 3.8) is 0 Å². The maximum atomic E-state index is 11.3. The highest BCUT2D eigenvalue weighted by Gasteiger charge is 2.27. The second kappa shape index (κ2) is 45.5. The summed E-state index contributed by atoms with van der Waals surface area (Å²) in [6.07, 6.45) is 35.6. The molecule has 0 fully saturated rings. The Labute approximate surface area is 478 Å². The Morgan fingerprint density at radius 3 is 0.654 bits per heavy atom. The first-order valence-electron chi connectivity index (χ1n) is 31.7. The highest BCUT2D eigenvalue weighted by Crippen LogP contribution is 2.25. The number of carboxylic acids is 3. The van der Waals surface area contributed by atoms with Crippen LogP contribution in [0.4, 0.5) is 0 Å². The summed E-state index contributed by atoms with van der Waals surface area (Å²) in [6, 6.07) is 7.09. The lowest BCUT2D eigenvalue weighted by Crippen LogP contribution is -2.50. The van der Waals surface area contributed by atoms with Crippen LogP contribution in [0.15, 0.2) is 48.8 Å². The quantitative estimate of drug-likeness (QED) is 0.0504. The van der Waals surface area contributed by atoms with Crippen LogP contribution in [0.3, 0.4) is 0 Å². The first kappa shape index (κ1) is 73.7. The van der Waals surface area contributed by atoms with E-state index in [9.17, 15) is 29.7 Å². The molecule has 3 aromatic rings. The van der Waals surface area contributed by atoms with Gasteiger partial charge in [-0.1, -0.05) is 160 Å². The van der Waals surface area contributed by atoms with Crippen molar-refractivity contribution in [1.29, 1.82) is 0 Å². The van der Waals surface area contributed by atoms with Gasteiger partial charge in [0.05, 0.1) is 119 Å². The molecule has 0 unspecified atom stereocenters. The van der Waals surface area contributed by atoms with Gasteiger partial charge in [0.1, 0.15) is 0 Å². The summed E-state index contributed by atoms with van der Waals surface area (Å²) < 4.78 is 4.26. The van der Waals surface area contributed by atoms with E-state index in [0.29, 0.717) is 0 Å². The lowest BCUT2D eigenvalue weighted by atomic mass is 10.1. The van der Waals surface area contributed by atoms with Crippen LogP contribution in [-0.2, 0) is 0 Å². The molecule has 3 aromatic heterocycles. The minimum Gasteiger partial charge on any atom is -0.545 e. The fourth-order valence-electron chi connectivity index (χ4n) is 10.2. The number of hydrogen-bond acceptors (Lipinski definition) is 9. The predicted molar refractivity (Wildman–Crippen MR) is 322 cm³/mol. The SMILES string of the molecule is CCCC[N+](CCCC)(CCCC)CCCC.CCCC[N+](CCCC)(CCCC)CCCC.CCCC[N+](CCCC)(CCCC)CCCC.O=C([O-])c1ccnc(-c2cc(C(=O)[O-])cc(-c3cc(C(=O)[O-])ccn3)n2)c1. The second-order valence-electron chi connectivity index (χ2n) is 22.3. The smallest absolute Gasteiger partial charge is 0.0901 e. The van der Waals surface area contributed by atoms with Crippen LogP contribution in [-0.4, -0.2) is 125 Å². The number of nitrogens with zero attached hydrogens (tertiary/aromatic N) is 6. The van der Waals surface area contributed by atoms with Gasteiger partial charge in [-0.15, -0.1) is 0 Å². The number of aromatic nitrogens is 3. The third kappa shape index (κ3) is 30.9. The molecule has 0 aliphatic rings. The van der Waals surface area contributed by atoms with Crippen molar-refractivity contribution >= 4 is 17.9 Å². The van der Waals surface area contributed by atoms with Gasteiger partial charge in [0.15, 0.2) is 0 Å². The Morgan fingerprint density at radius 1 is 0.308 bits per heavy atom. The maximum Gasteiger partial charge on any atom is 0.0901 e. The van der Waals surface area contributed by atoms with Gasteiger partial charge >= 0.3 is 0 Å². The number of aromatic carboxylic acids is 3. The van der Waals surface area contributed by atoms with E-state index in [-0.39, 0.29) is 39.5 Å². The molecule has 0 aliphatic carbocycles. The van der Waals surface area contributed by atoms with Gasteiger partial charge in [-0.3, -0.25) is 9.97 Å². The number of carbonyl (C=O) groups excluding carboxylic acids is 3. The van der Waals surface area contributed by atoms with E-state index < -0.39 is 17.9 Å². The van der Waals surface area contributed by atoms with Crippen LogP contribution < -0.4 is 15.3 Å². The Morgan fingerprint density at radius 2 is 0.487 bits per heavy atom. The molecule has 0 aromatic carbocycles. The molecule has 0 N–H and O–H groups in total. The molecular formula is C66H116N6O6. The van der Waals surface area contributed by atoms with Crippen LogP contribution in [0.2, 0.25) is 0 Å². The number of carbonyl (C=O) groups is 3. The van der Waals surface area contributed by atoms with Gasteiger partial charge in [-0.05, 0) is 113 Å². The molecule has 0 amide bonds. The van der Waals surface area contributed by atoms with Crippen molar-refractivity contribution in [2.45, 2.75) is 237 Å². The van der Waals surface area contributed by atoms with Gasteiger partial charge in [-0.25, -0.2) is 4.98 Å². The molecule has 0 spiro atoms. The number of quaternary nitrogens is 3. The van der Waals surface area contributed by atoms with Crippen molar-refractivity contribution in [3.05, 3.63) is 65.5 Å².